The van der Waals surface area contributed by atoms with Gasteiger partial charge >= 0.3 is 0 Å². The number of hydrogen-bond donors (Lipinski definition) is 1. The number of aromatic amines is 1. The molecule has 0 saturated carbocycles. The molecule has 0 radical (unpaired) electrons. The Balaban J connectivity index is 1.80. The number of halogens is 1. The summed E-state index contributed by atoms with van der Waals surface area (Å²) in [5.74, 6) is 1.26. The van der Waals surface area contributed by atoms with Crippen LogP contribution in [0.3, 0.4) is 0 Å². The monoisotopic (exact) mass is 306 g/mol. The minimum Gasteiger partial charge on any atom is -0.346 e. The first-order valence-electron chi connectivity index (χ1n) is 6.72. The van der Waals surface area contributed by atoms with Crippen LogP contribution in [0.4, 0.5) is 4.39 Å². The molecule has 1 aliphatic rings. The van der Waals surface area contributed by atoms with Crippen LogP contribution in [0.25, 0.3) is 0 Å². The summed E-state index contributed by atoms with van der Waals surface area (Å²) in [6, 6.07) is 6.80. The van der Waals surface area contributed by atoms with E-state index in [0.717, 1.165) is 18.7 Å². The zero-order valence-electron chi connectivity index (χ0n) is 11.0. The van der Waals surface area contributed by atoms with Gasteiger partial charge in [0, 0.05) is 16.2 Å². The fraction of sp³-hybridized carbons (Fsp3) is 0.333. The highest BCUT2D eigenvalue weighted by Crippen LogP contribution is 2.25. The summed E-state index contributed by atoms with van der Waals surface area (Å²) >= 11 is 6.81. The van der Waals surface area contributed by atoms with Crippen LogP contribution >= 0.6 is 24.0 Å². The van der Waals surface area contributed by atoms with Crippen molar-refractivity contribution < 1.29 is 4.39 Å². The second-order valence-electron chi connectivity index (χ2n) is 4.87. The first kappa shape index (κ1) is 13.8. The SMILES string of the molecule is Fc1ccccc1SCc1nc(=S)c2c([nH]1)CCCC2. The average Bonchev–Trinajstić information content (AvgIpc) is 2.46. The number of nitrogens with zero attached hydrogens (tertiary/aromatic N) is 1. The summed E-state index contributed by atoms with van der Waals surface area (Å²) in [7, 11) is 0. The second kappa shape index (κ2) is 6.06. The molecule has 0 unspecified atom stereocenters. The molecule has 0 saturated heterocycles. The van der Waals surface area contributed by atoms with Gasteiger partial charge in [-0.25, -0.2) is 9.37 Å². The van der Waals surface area contributed by atoms with Crippen molar-refractivity contribution in [1.82, 2.24) is 9.97 Å². The maximum Gasteiger partial charge on any atom is 0.136 e. The second-order valence-corrected chi connectivity index (χ2v) is 6.28. The third-order valence-electron chi connectivity index (χ3n) is 3.46. The molecule has 2 nitrogen and oxygen atoms in total. The fourth-order valence-electron chi connectivity index (χ4n) is 2.45. The van der Waals surface area contributed by atoms with Crippen molar-refractivity contribution in [2.75, 3.05) is 0 Å². The number of aryl methyl sites for hydroxylation is 1. The average molecular weight is 306 g/mol. The molecule has 0 spiro atoms. The number of nitrogens with one attached hydrogen (secondary N) is 1. The number of thioether (sulfide) groups is 1. The van der Waals surface area contributed by atoms with Gasteiger partial charge in [-0.2, -0.15) is 0 Å². The van der Waals surface area contributed by atoms with E-state index in [9.17, 15) is 4.39 Å². The molecule has 1 aromatic heterocycles. The summed E-state index contributed by atoms with van der Waals surface area (Å²) in [6.45, 7) is 0. The Labute approximate surface area is 126 Å². The molecule has 1 aromatic carbocycles. The highest BCUT2D eigenvalue weighted by Gasteiger charge is 2.13. The van der Waals surface area contributed by atoms with Crippen LogP contribution < -0.4 is 0 Å². The minimum atomic E-state index is -0.186. The molecule has 0 aliphatic heterocycles. The van der Waals surface area contributed by atoms with Gasteiger partial charge in [0.1, 0.15) is 16.3 Å². The van der Waals surface area contributed by atoms with E-state index in [-0.39, 0.29) is 5.82 Å². The van der Waals surface area contributed by atoms with Gasteiger partial charge in [0.2, 0.25) is 0 Å². The predicted octanol–water partition coefficient (Wildman–Crippen LogP) is 4.45. The lowest BCUT2D eigenvalue weighted by atomic mass is 9.97. The van der Waals surface area contributed by atoms with Crippen LogP contribution in [-0.4, -0.2) is 9.97 Å². The third-order valence-corrected chi connectivity index (χ3v) is 4.86. The number of hydrogen-bond acceptors (Lipinski definition) is 3. The molecule has 0 bridgehead atoms. The topological polar surface area (TPSA) is 28.7 Å². The Morgan fingerprint density at radius 1 is 1.25 bits per heavy atom. The largest absolute Gasteiger partial charge is 0.346 e. The summed E-state index contributed by atoms with van der Waals surface area (Å²) in [5.41, 5.74) is 2.42. The summed E-state index contributed by atoms with van der Waals surface area (Å²) < 4.78 is 14.3. The highest BCUT2D eigenvalue weighted by atomic mass is 32.2. The van der Waals surface area contributed by atoms with Gasteiger partial charge in [-0.3, -0.25) is 0 Å². The van der Waals surface area contributed by atoms with Crippen LogP contribution in [0.1, 0.15) is 29.9 Å². The third kappa shape index (κ3) is 2.94. The summed E-state index contributed by atoms with van der Waals surface area (Å²) in [4.78, 5) is 8.47. The van der Waals surface area contributed by atoms with E-state index in [4.69, 9.17) is 12.2 Å². The van der Waals surface area contributed by atoms with Crippen LogP contribution in [0.2, 0.25) is 0 Å². The number of fused-ring (bicyclic) bond motifs is 1. The van der Waals surface area contributed by atoms with Gasteiger partial charge in [-0.1, -0.05) is 24.4 Å². The quantitative estimate of drug-likeness (QED) is 0.671. The van der Waals surface area contributed by atoms with Crippen LogP contribution in [0.5, 0.6) is 0 Å². The molecular weight excluding hydrogens is 291 g/mol. The van der Waals surface area contributed by atoms with Crippen molar-refractivity contribution >= 4 is 24.0 Å². The standard InChI is InChI=1S/C15H15FN2S2/c16-11-6-2-4-8-13(11)20-9-14-17-12-7-3-1-5-10(12)15(19)18-14/h2,4,6,8H,1,3,5,7,9H2,(H,17,18,19). The van der Waals surface area contributed by atoms with E-state index >= 15 is 0 Å². The Bertz CT molecular complexity index is 682. The maximum atomic E-state index is 13.6. The minimum absolute atomic E-state index is 0.186. The van der Waals surface area contributed by atoms with Gasteiger partial charge in [0.25, 0.3) is 0 Å². The van der Waals surface area contributed by atoms with Gasteiger partial charge in [0.15, 0.2) is 0 Å². The molecule has 0 atom stereocenters. The Hall–Kier alpha value is -1.20. The Kier molecular flexibility index (Phi) is 4.17. The van der Waals surface area contributed by atoms with Crippen molar-refractivity contribution in [2.24, 2.45) is 0 Å². The van der Waals surface area contributed by atoms with Gasteiger partial charge in [-0.05, 0) is 37.8 Å². The smallest absolute Gasteiger partial charge is 0.136 e. The molecule has 1 N–H and O–H groups in total. The molecule has 0 amide bonds. The van der Waals surface area contributed by atoms with E-state index in [1.807, 2.05) is 6.07 Å². The Morgan fingerprint density at radius 3 is 2.90 bits per heavy atom. The van der Waals surface area contributed by atoms with E-state index in [1.54, 1.807) is 12.1 Å². The van der Waals surface area contributed by atoms with E-state index < -0.39 is 0 Å². The normalized spacial score (nSPS) is 14.1. The number of benzene rings is 1. The molecule has 1 heterocycles. The van der Waals surface area contributed by atoms with E-state index in [0.29, 0.717) is 15.3 Å². The van der Waals surface area contributed by atoms with Crippen LogP contribution in [-0.2, 0) is 18.6 Å². The summed E-state index contributed by atoms with van der Waals surface area (Å²) in [5, 5.41) is 0. The van der Waals surface area contributed by atoms with Crippen molar-refractivity contribution in [1.29, 1.82) is 0 Å². The number of H-pyrrole nitrogens is 1. The van der Waals surface area contributed by atoms with Gasteiger partial charge in [0.05, 0.1) is 5.75 Å². The van der Waals surface area contributed by atoms with Crippen molar-refractivity contribution in [3.8, 4) is 0 Å². The zero-order chi connectivity index (χ0) is 13.9. The van der Waals surface area contributed by atoms with E-state index in [2.05, 4.69) is 9.97 Å². The highest BCUT2D eigenvalue weighted by molar-refractivity contribution is 7.98. The molecule has 1 aliphatic carbocycles. The lowest BCUT2D eigenvalue weighted by molar-refractivity contribution is 0.602. The molecule has 3 rings (SSSR count). The van der Waals surface area contributed by atoms with Crippen molar-refractivity contribution in [3.63, 3.8) is 0 Å². The number of aromatic nitrogens is 2. The van der Waals surface area contributed by atoms with E-state index in [1.165, 1.54) is 41.9 Å². The zero-order valence-corrected chi connectivity index (χ0v) is 12.6. The fourth-order valence-corrected chi connectivity index (χ4v) is 3.59. The predicted molar refractivity (Wildman–Crippen MR) is 82.0 cm³/mol. The molecule has 0 fully saturated rings. The summed E-state index contributed by atoms with van der Waals surface area (Å²) in [6.07, 6.45) is 4.45. The molecule has 2 aromatic rings. The van der Waals surface area contributed by atoms with Crippen molar-refractivity contribution in [2.45, 2.75) is 36.3 Å². The lowest BCUT2D eigenvalue weighted by Crippen LogP contribution is -2.10. The number of rotatable bonds is 3. The maximum absolute atomic E-state index is 13.6. The Morgan fingerprint density at radius 2 is 2.05 bits per heavy atom. The first-order chi connectivity index (χ1) is 9.74. The van der Waals surface area contributed by atoms with Crippen LogP contribution in [0.15, 0.2) is 29.2 Å². The van der Waals surface area contributed by atoms with Crippen LogP contribution in [0, 0.1) is 10.5 Å². The van der Waals surface area contributed by atoms with Crippen molar-refractivity contribution in [3.05, 3.63) is 51.8 Å². The molecule has 20 heavy (non-hydrogen) atoms. The first-order valence-corrected chi connectivity index (χ1v) is 8.11. The van der Waals surface area contributed by atoms with Gasteiger partial charge < -0.3 is 4.98 Å². The molecular formula is C15H15FN2S2. The molecule has 5 heteroatoms. The molecule has 104 valence electrons. The van der Waals surface area contributed by atoms with Gasteiger partial charge in [-0.15, -0.1) is 11.8 Å². The lowest BCUT2D eigenvalue weighted by Gasteiger charge is -2.16.